The lowest BCUT2D eigenvalue weighted by Crippen LogP contribution is -2.66. The van der Waals surface area contributed by atoms with Crippen LogP contribution >= 0.6 is 0 Å². The summed E-state index contributed by atoms with van der Waals surface area (Å²) in [5.41, 5.74) is 0.0700. The lowest BCUT2D eigenvalue weighted by molar-refractivity contribution is -0.134. The minimum absolute atomic E-state index is 0.00825. The molecule has 2 atom stereocenters. The van der Waals surface area contributed by atoms with E-state index in [1.807, 2.05) is 18.9 Å². The molecule has 5 nitrogen and oxygen atoms in total. The summed E-state index contributed by atoms with van der Waals surface area (Å²) < 4.78 is 17.4. The van der Waals surface area contributed by atoms with Crippen LogP contribution in [0.15, 0.2) is 0 Å². The smallest absolute Gasteiger partial charge is 0.317 e. The molecule has 1 aliphatic heterocycles. The van der Waals surface area contributed by atoms with Crippen molar-refractivity contribution in [2.24, 2.45) is 5.41 Å². The van der Waals surface area contributed by atoms with Gasteiger partial charge in [0.05, 0.1) is 6.10 Å². The number of ether oxygens (including phenoxy) is 1. The van der Waals surface area contributed by atoms with Gasteiger partial charge < -0.3 is 15.0 Å². The largest absolute Gasteiger partial charge is 0.378 e. The third-order valence-corrected chi connectivity index (χ3v) is 7.37. The fourth-order valence-electron chi connectivity index (χ4n) is 4.17. The molecule has 2 rings (SSSR count). The molecule has 2 fully saturated rings. The van der Waals surface area contributed by atoms with Gasteiger partial charge in [0.1, 0.15) is 0 Å². The van der Waals surface area contributed by atoms with Gasteiger partial charge in [-0.15, -0.1) is 0 Å². The van der Waals surface area contributed by atoms with Gasteiger partial charge in [-0.2, -0.15) is 0 Å². The first-order valence-corrected chi connectivity index (χ1v) is 10.5. The molecular weight excluding hydrogens is 312 g/mol. The molecule has 0 bridgehead atoms. The average Bonchev–Trinajstić information content (AvgIpc) is 2.55. The van der Waals surface area contributed by atoms with Gasteiger partial charge in [0.25, 0.3) is 0 Å². The lowest BCUT2D eigenvalue weighted by Gasteiger charge is -2.55. The van der Waals surface area contributed by atoms with E-state index in [1.165, 1.54) is 0 Å². The molecule has 1 N–H and O–H groups in total. The number of nitrogens with zero attached hydrogens (tertiary/aromatic N) is 1. The highest BCUT2D eigenvalue weighted by molar-refractivity contribution is 7.85. The van der Waals surface area contributed by atoms with Gasteiger partial charge in [-0.1, -0.05) is 13.8 Å². The highest BCUT2D eigenvalue weighted by Gasteiger charge is 2.54. The number of amides is 2. The normalized spacial score (nSPS) is 32.9. The quantitative estimate of drug-likeness (QED) is 0.805. The van der Waals surface area contributed by atoms with Crippen LogP contribution in [0.25, 0.3) is 0 Å². The van der Waals surface area contributed by atoms with Crippen LogP contribution in [0.5, 0.6) is 0 Å². The summed E-state index contributed by atoms with van der Waals surface area (Å²) in [6.07, 6.45) is 4.89. The molecule has 23 heavy (non-hydrogen) atoms. The molecule has 0 aromatic heterocycles. The molecule has 1 saturated heterocycles. The molecule has 1 aliphatic carbocycles. The van der Waals surface area contributed by atoms with Crippen molar-refractivity contribution in [2.45, 2.75) is 71.1 Å². The zero-order chi connectivity index (χ0) is 17.0. The standard InChI is InChI=1S/C17H32N2O3S/c1-5-17(6-2)14(12-15(17)22-7-3)18-16(20)19(4)13-8-10-23(21)11-9-13/h13-15H,5-12H2,1-4H3,(H,18,20)/t13?,14-,15-,23?/m0/s1. The van der Waals surface area contributed by atoms with Gasteiger partial charge >= 0.3 is 6.03 Å². The van der Waals surface area contributed by atoms with E-state index >= 15 is 0 Å². The molecule has 0 radical (unpaired) electrons. The van der Waals surface area contributed by atoms with Gasteiger partial charge in [-0.25, -0.2) is 4.79 Å². The van der Waals surface area contributed by atoms with Gasteiger partial charge in [-0.3, -0.25) is 4.21 Å². The number of hydrogen-bond acceptors (Lipinski definition) is 3. The predicted octanol–water partition coefficient (Wildman–Crippen LogP) is 2.52. The topological polar surface area (TPSA) is 58.6 Å². The highest BCUT2D eigenvalue weighted by atomic mass is 32.2. The monoisotopic (exact) mass is 344 g/mol. The summed E-state index contributed by atoms with van der Waals surface area (Å²) in [6.45, 7) is 7.14. The van der Waals surface area contributed by atoms with E-state index < -0.39 is 10.8 Å². The molecule has 134 valence electrons. The lowest BCUT2D eigenvalue weighted by atomic mass is 9.58. The molecule has 2 aliphatic rings. The van der Waals surface area contributed by atoms with Crippen LogP contribution in [-0.4, -0.2) is 58.5 Å². The second-order valence-corrected chi connectivity index (χ2v) is 8.51. The van der Waals surface area contributed by atoms with Crippen LogP contribution in [0.3, 0.4) is 0 Å². The summed E-state index contributed by atoms with van der Waals surface area (Å²) in [4.78, 5) is 14.4. The molecule has 0 spiro atoms. The second-order valence-electron chi connectivity index (χ2n) is 6.81. The van der Waals surface area contributed by atoms with E-state index in [-0.39, 0.29) is 29.6 Å². The van der Waals surface area contributed by atoms with Crippen molar-refractivity contribution in [1.82, 2.24) is 10.2 Å². The van der Waals surface area contributed by atoms with Gasteiger partial charge in [0, 0.05) is 53.5 Å². The number of carbonyl (C=O) groups excluding carboxylic acids is 1. The van der Waals surface area contributed by atoms with Crippen molar-refractivity contribution in [3.63, 3.8) is 0 Å². The maximum Gasteiger partial charge on any atom is 0.317 e. The van der Waals surface area contributed by atoms with Gasteiger partial charge in [0.15, 0.2) is 0 Å². The van der Waals surface area contributed by atoms with Gasteiger partial charge in [0.2, 0.25) is 0 Å². The second kappa shape index (κ2) is 7.97. The molecule has 2 amide bonds. The Labute approximate surface area is 143 Å². The van der Waals surface area contributed by atoms with E-state index in [2.05, 4.69) is 19.2 Å². The zero-order valence-electron chi connectivity index (χ0n) is 15.0. The van der Waals surface area contributed by atoms with E-state index in [0.29, 0.717) is 11.5 Å². The number of hydrogen-bond donors (Lipinski definition) is 1. The fourth-order valence-corrected chi connectivity index (χ4v) is 5.44. The first kappa shape index (κ1) is 18.7. The molecular formula is C17H32N2O3S. The Bertz CT molecular complexity index is 430. The number of urea groups is 1. The molecule has 0 aromatic carbocycles. The third kappa shape index (κ3) is 3.73. The fraction of sp³-hybridized carbons (Fsp3) is 0.941. The number of carbonyl (C=O) groups is 1. The van der Waals surface area contributed by atoms with E-state index in [1.54, 1.807) is 0 Å². The SMILES string of the molecule is CCO[C@H]1C[C@H](NC(=O)N(C)C2CCS(=O)CC2)C1(CC)CC. The van der Waals surface area contributed by atoms with Crippen LogP contribution in [0, 0.1) is 5.41 Å². The van der Waals surface area contributed by atoms with Gasteiger partial charge in [-0.05, 0) is 39.0 Å². The third-order valence-electron chi connectivity index (χ3n) is 5.99. The highest BCUT2D eigenvalue weighted by Crippen LogP contribution is 2.48. The first-order valence-electron chi connectivity index (χ1n) is 8.98. The van der Waals surface area contributed by atoms with Crippen LogP contribution in [0.4, 0.5) is 4.79 Å². The summed E-state index contributed by atoms with van der Waals surface area (Å²) in [7, 11) is 1.18. The molecule has 0 aromatic rings. The van der Waals surface area contributed by atoms with Crippen LogP contribution in [0.2, 0.25) is 0 Å². The number of nitrogens with one attached hydrogen (secondary N) is 1. The Kier molecular flexibility index (Phi) is 6.48. The minimum atomic E-state index is -0.689. The maximum atomic E-state index is 12.6. The Morgan fingerprint density at radius 3 is 2.39 bits per heavy atom. The van der Waals surface area contributed by atoms with Crippen LogP contribution < -0.4 is 5.32 Å². The number of rotatable bonds is 6. The summed E-state index contributed by atoms with van der Waals surface area (Å²) in [6, 6.07) is 0.420. The van der Waals surface area contributed by atoms with Crippen LogP contribution in [0.1, 0.15) is 52.9 Å². The molecule has 6 heteroatoms. The molecule has 0 unspecified atom stereocenters. The first-order chi connectivity index (χ1) is 11.0. The van der Waals surface area contributed by atoms with Crippen molar-refractivity contribution in [1.29, 1.82) is 0 Å². The Morgan fingerprint density at radius 1 is 1.26 bits per heavy atom. The van der Waals surface area contributed by atoms with Crippen LogP contribution in [-0.2, 0) is 15.5 Å². The Balaban J connectivity index is 1.93. The van der Waals surface area contributed by atoms with E-state index in [4.69, 9.17) is 4.74 Å². The summed E-state index contributed by atoms with van der Waals surface area (Å²) in [5, 5.41) is 3.24. The maximum absolute atomic E-state index is 12.6. The zero-order valence-corrected chi connectivity index (χ0v) is 15.8. The van der Waals surface area contributed by atoms with Crippen molar-refractivity contribution in [3.05, 3.63) is 0 Å². The minimum Gasteiger partial charge on any atom is -0.378 e. The summed E-state index contributed by atoms with van der Waals surface area (Å²) >= 11 is 0. The van der Waals surface area contributed by atoms with E-state index in [0.717, 1.165) is 38.7 Å². The Morgan fingerprint density at radius 2 is 1.87 bits per heavy atom. The molecule has 1 heterocycles. The van der Waals surface area contributed by atoms with E-state index in [9.17, 15) is 9.00 Å². The van der Waals surface area contributed by atoms with Crippen molar-refractivity contribution in [2.75, 3.05) is 25.2 Å². The van der Waals surface area contributed by atoms with Crippen molar-refractivity contribution < 1.29 is 13.7 Å². The predicted molar refractivity (Wildman–Crippen MR) is 94.0 cm³/mol. The summed E-state index contributed by atoms with van der Waals surface area (Å²) in [5.74, 6) is 1.43. The average molecular weight is 345 g/mol. The Hall–Kier alpha value is -0.620. The molecule has 1 saturated carbocycles. The van der Waals surface area contributed by atoms with Crippen molar-refractivity contribution >= 4 is 16.8 Å². The van der Waals surface area contributed by atoms with Crippen molar-refractivity contribution in [3.8, 4) is 0 Å².